The largest absolute Gasteiger partial charge is 0.465 e. The molecule has 1 fully saturated rings. The quantitative estimate of drug-likeness (QED) is 0.742. The van der Waals surface area contributed by atoms with Crippen LogP contribution in [0.2, 0.25) is 0 Å². The first kappa shape index (κ1) is 15.9. The van der Waals surface area contributed by atoms with E-state index in [-0.39, 0.29) is 15.2 Å². The number of sulfonamides is 1. The molecule has 0 radical (unpaired) electrons. The highest BCUT2D eigenvalue weighted by Crippen LogP contribution is 2.34. The third-order valence-corrected chi connectivity index (χ3v) is 7.46. The van der Waals surface area contributed by atoms with Gasteiger partial charge < -0.3 is 9.47 Å². The zero-order valence-electron chi connectivity index (χ0n) is 11.0. The molecule has 1 aliphatic rings. The van der Waals surface area contributed by atoms with Gasteiger partial charge in [0.2, 0.25) is 0 Å². The van der Waals surface area contributed by atoms with Crippen molar-refractivity contribution in [3.8, 4) is 0 Å². The van der Waals surface area contributed by atoms with E-state index >= 15 is 0 Å². The molecule has 20 heavy (non-hydrogen) atoms. The summed E-state index contributed by atoms with van der Waals surface area (Å²) in [5.41, 5.74) is 0. The second-order valence-corrected chi connectivity index (χ2v) is 8.32. The van der Waals surface area contributed by atoms with E-state index in [1.807, 2.05) is 6.92 Å². The molecule has 112 valence electrons. The maximum Gasteiger partial charge on any atom is 0.348 e. The molecule has 2 rings (SSSR count). The SMILES string of the molecule is COC(=O)c1cc(Br)c(S(=O)(=O)N2CCO[C@@H](C)C2)s1. The first-order chi connectivity index (χ1) is 9.36. The van der Waals surface area contributed by atoms with E-state index in [4.69, 9.17) is 4.74 Å². The number of rotatable bonds is 3. The van der Waals surface area contributed by atoms with Crippen LogP contribution in [0, 0.1) is 0 Å². The number of methoxy groups -OCH3 is 1. The highest BCUT2D eigenvalue weighted by atomic mass is 79.9. The van der Waals surface area contributed by atoms with Crippen molar-refractivity contribution in [1.29, 1.82) is 0 Å². The third kappa shape index (κ3) is 3.06. The number of ether oxygens (including phenoxy) is 2. The summed E-state index contributed by atoms with van der Waals surface area (Å²) < 4.78 is 37.0. The fourth-order valence-electron chi connectivity index (χ4n) is 1.85. The first-order valence-corrected chi connectivity index (χ1v) is 8.90. The van der Waals surface area contributed by atoms with Crippen LogP contribution in [0.3, 0.4) is 0 Å². The van der Waals surface area contributed by atoms with E-state index in [1.54, 1.807) is 0 Å². The fraction of sp³-hybridized carbons (Fsp3) is 0.545. The number of hydrogen-bond acceptors (Lipinski definition) is 6. The molecule has 2 heterocycles. The van der Waals surface area contributed by atoms with Crippen LogP contribution >= 0.6 is 27.3 Å². The van der Waals surface area contributed by atoms with Gasteiger partial charge in [0.1, 0.15) is 9.09 Å². The van der Waals surface area contributed by atoms with Gasteiger partial charge in [-0.1, -0.05) is 0 Å². The summed E-state index contributed by atoms with van der Waals surface area (Å²) in [5, 5.41) is 0. The van der Waals surface area contributed by atoms with E-state index in [0.29, 0.717) is 24.2 Å². The van der Waals surface area contributed by atoms with E-state index in [2.05, 4.69) is 20.7 Å². The Morgan fingerprint density at radius 3 is 2.90 bits per heavy atom. The van der Waals surface area contributed by atoms with E-state index in [0.717, 1.165) is 11.3 Å². The van der Waals surface area contributed by atoms with Crippen LogP contribution in [0.1, 0.15) is 16.6 Å². The lowest BCUT2D eigenvalue weighted by atomic mass is 10.3. The van der Waals surface area contributed by atoms with E-state index in [1.165, 1.54) is 17.5 Å². The second-order valence-electron chi connectivity index (χ2n) is 4.28. The van der Waals surface area contributed by atoms with Crippen LogP contribution in [0.5, 0.6) is 0 Å². The Kier molecular flexibility index (Phi) is 4.85. The number of nitrogens with zero attached hydrogens (tertiary/aromatic N) is 1. The molecule has 0 bridgehead atoms. The van der Waals surface area contributed by atoms with Crippen molar-refractivity contribution in [1.82, 2.24) is 4.31 Å². The van der Waals surface area contributed by atoms with Crippen molar-refractivity contribution >= 4 is 43.3 Å². The molecule has 6 nitrogen and oxygen atoms in total. The lowest BCUT2D eigenvalue weighted by Gasteiger charge is -2.29. The Hall–Kier alpha value is -0.480. The Morgan fingerprint density at radius 2 is 2.30 bits per heavy atom. The Labute approximate surface area is 129 Å². The van der Waals surface area contributed by atoms with Gasteiger partial charge in [-0.25, -0.2) is 13.2 Å². The fourth-order valence-corrected chi connectivity index (χ4v) is 6.06. The zero-order chi connectivity index (χ0) is 14.9. The minimum absolute atomic E-state index is 0.118. The molecule has 1 saturated heterocycles. The molecule has 0 unspecified atom stereocenters. The molecule has 0 aliphatic carbocycles. The number of morpholine rings is 1. The molecule has 0 aromatic carbocycles. The van der Waals surface area contributed by atoms with Gasteiger partial charge in [-0.3, -0.25) is 0 Å². The summed E-state index contributed by atoms with van der Waals surface area (Å²) >= 11 is 4.10. The van der Waals surface area contributed by atoms with Gasteiger partial charge in [-0.05, 0) is 28.9 Å². The van der Waals surface area contributed by atoms with Crippen LogP contribution in [0.25, 0.3) is 0 Å². The van der Waals surface area contributed by atoms with Gasteiger partial charge in [0, 0.05) is 17.6 Å². The summed E-state index contributed by atoms with van der Waals surface area (Å²) in [6.45, 7) is 2.81. The van der Waals surface area contributed by atoms with Crippen molar-refractivity contribution < 1.29 is 22.7 Å². The van der Waals surface area contributed by atoms with Crippen molar-refractivity contribution in [2.75, 3.05) is 26.8 Å². The average molecular weight is 384 g/mol. The average Bonchev–Trinajstić information content (AvgIpc) is 2.80. The van der Waals surface area contributed by atoms with Gasteiger partial charge >= 0.3 is 5.97 Å². The minimum atomic E-state index is -3.63. The monoisotopic (exact) mass is 383 g/mol. The summed E-state index contributed by atoms with van der Waals surface area (Å²) in [6, 6.07) is 1.47. The molecule has 0 saturated carbocycles. The van der Waals surface area contributed by atoms with Gasteiger partial charge in [0.15, 0.2) is 0 Å². The number of carbonyl (C=O) groups excluding carboxylic acids is 1. The van der Waals surface area contributed by atoms with Gasteiger partial charge in [-0.15, -0.1) is 11.3 Å². The Morgan fingerprint density at radius 1 is 1.60 bits per heavy atom. The predicted octanol–water partition coefficient (Wildman–Crippen LogP) is 1.71. The number of esters is 1. The highest BCUT2D eigenvalue weighted by Gasteiger charge is 2.33. The van der Waals surface area contributed by atoms with Crippen LogP contribution in [-0.4, -0.2) is 51.6 Å². The zero-order valence-corrected chi connectivity index (χ0v) is 14.2. The van der Waals surface area contributed by atoms with Crippen LogP contribution in [0.15, 0.2) is 14.7 Å². The minimum Gasteiger partial charge on any atom is -0.465 e. The molecule has 9 heteroatoms. The summed E-state index contributed by atoms with van der Waals surface area (Å²) in [7, 11) is -2.37. The van der Waals surface area contributed by atoms with Crippen molar-refractivity contribution in [3.05, 3.63) is 15.4 Å². The normalized spacial score (nSPS) is 20.9. The van der Waals surface area contributed by atoms with Crippen LogP contribution in [0.4, 0.5) is 0 Å². The van der Waals surface area contributed by atoms with Gasteiger partial charge in [0.25, 0.3) is 10.0 Å². The summed E-state index contributed by atoms with van der Waals surface area (Å²) in [5.74, 6) is -0.549. The number of halogens is 1. The topological polar surface area (TPSA) is 72.9 Å². The van der Waals surface area contributed by atoms with Gasteiger partial charge in [0.05, 0.1) is 19.8 Å². The first-order valence-electron chi connectivity index (χ1n) is 5.85. The van der Waals surface area contributed by atoms with Crippen molar-refractivity contribution in [2.45, 2.75) is 17.2 Å². The molecule has 1 atom stereocenters. The number of hydrogen-bond donors (Lipinski definition) is 0. The smallest absolute Gasteiger partial charge is 0.348 e. The number of carbonyl (C=O) groups is 1. The van der Waals surface area contributed by atoms with E-state index in [9.17, 15) is 13.2 Å². The number of thiophene rings is 1. The lowest BCUT2D eigenvalue weighted by molar-refractivity contribution is 0.0102. The summed E-state index contributed by atoms with van der Waals surface area (Å²) in [4.78, 5) is 11.7. The van der Waals surface area contributed by atoms with Crippen LogP contribution in [-0.2, 0) is 19.5 Å². The molecule has 1 aromatic rings. The third-order valence-electron chi connectivity index (χ3n) is 2.82. The Bertz CT molecular complexity index is 612. The molecule has 1 aromatic heterocycles. The van der Waals surface area contributed by atoms with Gasteiger partial charge in [-0.2, -0.15) is 4.31 Å². The van der Waals surface area contributed by atoms with Crippen molar-refractivity contribution in [3.63, 3.8) is 0 Å². The molecular formula is C11H14BrNO5S2. The summed E-state index contributed by atoms with van der Waals surface area (Å²) in [6.07, 6.45) is -0.141. The van der Waals surface area contributed by atoms with Crippen LogP contribution < -0.4 is 0 Å². The molecular weight excluding hydrogens is 370 g/mol. The lowest BCUT2D eigenvalue weighted by Crippen LogP contribution is -2.44. The molecule has 0 amide bonds. The predicted molar refractivity (Wildman–Crippen MR) is 77.5 cm³/mol. The van der Waals surface area contributed by atoms with E-state index < -0.39 is 16.0 Å². The van der Waals surface area contributed by atoms with Crippen molar-refractivity contribution in [2.24, 2.45) is 0 Å². The maximum absolute atomic E-state index is 12.6. The Balaban J connectivity index is 2.34. The molecule has 0 spiro atoms. The molecule has 0 N–H and O–H groups in total. The maximum atomic E-state index is 12.6. The highest BCUT2D eigenvalue weighted by molar-refractivity contribution is 9.10. The second kappa shape index (κ2) is 6.10. The standard InChI is InChI=1S/C11H14BrNO5S2/c1-7-6-13(3-4-18-7)20(15,16)11-8(12)5-9(19-11)10(14)17-2/h5,7H,3-4,6H2,1-2H3/t7-/m0/s1. The molecule has 1 aliphatic heterocycles.